The summed E-state index contributed by atoms with van der Waals surface area (Å²) >= 11 is 0. The second-order valence-electron chi connectivity index (χ2n) is 1.41. The fraction of sp³-hybridized carbons (Fsp3) is 0. The van der Waals surface area contributed by atoms with Gasteiger partial charge in [0.05, 0.1) is 0 Å². The fourth-order valence-corrected chi connectivity index (χ4v) is 0.453. The van der Waals surface area contributed by atoms with Gasteiger partial charge in [-0.3, -0.25) is 0 Å². The van der Waals surface area contributed by atoms with Crippen LogP contribution in [0.4, 0.5) is 5.69 Å². The predicted molar refractivity (Wildman–Crippen MR) is 30.9 cm³/mol. The van der Waals surface area contributed by atoms with Crippen LogP contribution in [0, 0.1) is 0 Å². The molecule has 0 unspecified atom stereocenters. The molecule has 0 aliphatic rings. The van der Waals surface area contributed by atoms with Crippen LogP contribution in [0.25, 0.3) is 0 Å². The van der Waals surface area contributed by atoms with Gasteiger partial charge in [0.15, 0.2) is 0 Å². The van der Waals surface area contributed by atoms with Gasteiger partial charge >= 0.3 is 0 Å². The van der Waals surface area contributed by atoms with Crippen molar-refractivity contribution in [2.45, 2.75) is 0 Å². The third-order valence-corrected chi connectivity index (χ3v) is 0.800. The Bertz CT molecular complexity index is 138. The monoisotopic (exact) mass is 200 g/mol. The minimum absolute atomic E-state index is 0. The van der Waals surface area contributed by atoms with E-state index in [1.165, 1.54) is 0 Å². The van der Waals surface area contributed by atoms with E-state index in [0.29, 0.717) is 0 Å². The molecule has 0 spiro atoms. The quantitative estimate of drug-likeness (QED) is 0.496. The van der Waals surface area contributed by atoms with Crippen molar-refractivity contribution in [3.8, 4) is 0 Å². The molecule has 0 aliphatic heterocycles. The maximum Gasteiger partial charge on any atom is 0.0313 e. The van der Waals surface area contributed by atoms with Gasteiger partial charge in [-0.15, -0.1) is 0 Å². The summed E-state index contributed by atoms with van der Waals surface area (Å²) in [4.78, 5) is 0. The zero-order valence-electron chi connectivity index (χ0n) is 4.27. The minimum atomic E-state index is 0. The molecule has 0 amide bonds. The van der Waals surface area contributed by atoms with Crippen LogP contribution in [0.15, 0.2) is 30.3 Å². The average Bonchev–Trinajstić information content (AvgIpc) is 1.69. The molecule has 8 heavy (non-hydrogen) atoms. The first-order valence-corrected chi connectivity index (χ1v) is 2.20. The van der Waals surface area contributed by atoms with E-state index in [2.05, 4.69) is 0 Å². The number of benzene rings is 1. The molecular weight excluding hydrogens is 194 g/mol. The number of para-hydroxylation sites is 1. The average molecular weight is 201 g/mol. The Morgan fingerprint density at radius 1 is 1.00 bits per heavy atom. The second-order valence-corrected chi connectivity index (χ2v) is 1.41. The van der Waals surface area contributed by atoms with E-state index in [1.54, 1.807) is 0 Å². The Balaban J connectivity index is 0.000000490. The molecule has 0 aromatic heterocycles. The Labute approximate surface area is 64.4 Å². The van der Waals surface area contributed by atoms with Gasteiger partial charge in [0.1, 0.15) is 0 Å². The van der Waals surface area contributed by atoms with Crippen molar-refractivity contribution in [3.05, 3.63) is 30.3 Å². The van der Waals surface area contributed by atoms with Crippen LogP contribution in [-0.2, 0) is 22.4 Å². The first-order valence-electron chi connectivity index (χ1n) is 2.20. The van der Waals surface area contributed by atoms with Crippen LogP contribution in [0.1, 0.15) is 0 Å². The van der Waals surface area contributed by atoms with Gasteiger partial charge in [-0.05, 0) is 12.1 Å². The van der Waals surface area contributed by atoms with Gasteiger partial charge in [0, 0.05) is 28.1 Å². The SMILES string of the molecule is Nc1ccccc1.[Ag]. The van der Waals surface area contributed by atoms with Crippen molar-refractivity contribution in [1.82, 2.24) is 0 Å². The smallest absolute Gasteiger partial charge is 0.0313 e. The summed E-state index contributed by atoms with van der Waals surface area (Å²) in [6.45, 7) is 0. The van der Waals surface area contributed by atoms with E-state index in [4.69, 9.17) is 5.73 Å². The third-order valence-electron chi connectivity index (χ3n) is 0.800. The van der Waals surface area contributed by atoms with Gasteiger partial charge < -0.3 is 5.73 Å². The number of hydrogen-bond acceptors (Lipinski definition) is 1. The number of rotatable bonds is 0. The van der Waals surface area contributed by atoms with Crippen molar-refractivity contribution in [2.24, 2.45) is 0 Å². The first kappa shape index (κ1) is 7.76. The molecule has 0 fully saturated rings. The Morgan fingerprint density at radius 3 is 1.75 bits per heavy atom. The van der Waals surface area contributed by atoms with E-state index in [1.807, 2.05) is 30.3 Å². The maximum atomic E-state index is 5.36. The molecule has 0 aliphatic carbocycles. The van der Waals surface area contributed by atoms with Gasteiger partial charge in [0.25, 0.3) is 0 Å². The zero-order chi connectivity index (χ0) is 5.11. The molecule has 1 aromatic carbocycles. The number of hydrogen-bond donors (Lipinski definition) is 1. The number of anilines is 1. The Hall–Kier alpha value is -0.240. The van der Waals surface area contributed by atoms with E-state index in [9.17, 15) is 0 Å². The van der Waals surface area contributed by atoms with Crippen molar-refractivity contribution >= 4 is 5.69 Å². The van der Waals surface area contributed by atoms with Crippen molar-refractivity contribution in [1.29, 1.82) is 0 Å². The molecule has 1 aromatic rings. The third kappa shape index (κ3) is 2.17. The number of nitrogens with two attached hydrogens (primary N) is 1. The van der Waals surface area contributed by atoms with Gasteiger partial charge in [-0.1, -0.05) is 18.2 Å². The van der Waals surface area contributed by atoms with E-state index >= 15 is 0 Å². The van der Waals surface area contributed by atoms with Crippen LogP contribution in [0.5, 0.6) is 0 Å². The molecule has 0 saturated carbocycles. The Morgan fingerprint density at radius 2 is 1.50 bits per heavy atom. The molecule has 1 radical (unpaired) electrons. The normalized spacial score (nSPS) is 7.50. The second kappa shape index (κ2) is 3.72. The summed E-state index contributed by atoms with van der Waals surface area (Å²) in [6, 6.07) is 9.49. The summed E-state index contributed by atoms with van der Waals surface area (Å²) in [7, 11) is 0. The summed E-state index contributed by atoms with van der Waals surface area (Å²) in [5.41, 5.74) is 6.18. The van der Waals surface area contributed by atoms with E-state index in [-0.39, 0.29) is 22.4 Å². The van der Waals surface area contributed by atoms with Crippen LogP contribution in [-0.4, -0.2) is 0 Å². The Kier molecular flexibility index (Phi) is 3.61. The van der Waals surface area contributed by atoms with Gasteiger partial charge in [-0.2, -0.15) is 0 Å². The van der Waals surface area contributed by atoms with Gasteiger partial charge in [0.2, 0.25) is 0 Å². The molecule has 0 saturated heterocycles. The minimum Gasteiger partial charge on any atom is -0.399 e. The standard InChI is InChI=1S/C6H7N.Ag/c7-6-4-2-1-3-5-6;/h1-5H,7H2;. The van der Waals surface area contributed by atoms with E-state index < -0.39 is 0 Å². The molecule has 1 nitrogen and oxygen atoms in total. The fourth-order valence-electron chi connectivity index (χ4n) is 0.453. The summed E-state index contributed by atoms with van der Waals surface area (Å²) in [5.74, 6) is 0. The predicted octanol–water partition coefficient (Wildman–Crippen LogP) is 1.27. The van der Waals surface area contributed by atoms with Crippen molar-refractivity contribution in [2.75, 3.05) is 5.73 Å². The van der Waals surface area contributed by atoms with Gasteiger partial charge in [-0.25, -0.2) is 0 Å². The van der Waals surface area contributed by atoms with Crippen LogP contribution in [0.3, 0.4) is 0 Å². The van der Waals surface area contributed by atoms with Crippen LogP contribution in [0.2, 0.25) is 0 Å². The topological polar surface area (TPSA) is 26.0 Å². The molecule has 1 rings (SSSR count). The molecule has 0 bridgehead atoms. The molecule has 2 N–H and O–H groups in total. The molecular formula is C6H7AgN. The first-order chi connectivity index (χ1) is 3.39. The van der Waals surface area contributed by atoms with Crippen LogP contribution < -0.4 is 5.73 Å². The summed E-state index contributed by atoms with van der Waals surface area (Å²) < 4.78 is 0. The van der Waals surface area contributed by atoms with Crippen molar-refractivity contribution < 1.29 is 22.4 Å². The maximum absolute atomic E-state index is 5.36. The zero-order valence-corrected chi connectivity index (χ0v) is 5.75. The number of nitrogen functional groups attached to an aromatic ring is 1. The summed E-state index contributed by atoms with van der Waals surface area (Å²) in [6.07, 6.45) is 0. The molecule has 47 valence electrons. The van der Waals surface area contributed by atoms with E-state index in [0.717, 1.165) is 5.69 Å². The van der Waals surface area contributed by atoms with Crippen molar-refractivity contribution in [3.63, 3.8) is 0 Å². The molecule has 0 atom stereocenters. The largest absolute Gasteiger partial charge is 0.399 e. The van der Waals surface area contributed by atoms with Crippen LogP contribution >= 0.6 is 0 Å². The summed E-state index contributed by atoms with van der Waals surface area (Å²) in [5, 5.41) is 0. The molecule has 2 heteroatoms. The molecule has 0 heterocycles.